The number of allylic oxidation sites excluding steroid dienone is 2. The van der Waals surface area contributed by atoms with Crippen molar-refractivity contribution in [3.05, 3.63) is 45.3 Å². The molecule has 2 atom stereocenters. The second-order valence-corrected chi connectivity index (χ2v) is 7.56. The third kappa shape index (κ3) is 2.45. The zero-order chi connectivity index (χ0) is 18.2. The summed E-state index contributed by atoms with van der Waals surface area (Å²) in [5.41, 5.74) is 6.95. The fraction of sp³-hybridized carbons (Fsp3) is 0.421. The van der Waals surface area contributed by atoms with Gasteiger partial charge in [-0.1, -0.05) is 6.08 Å². The van der Waals surface area contributed by atoms with Crippen LogP contribution < -0.4 is 5.73 Å². The van der Waals surface area contributed by atoms with E-state index in [0.717, 1.165) is 17.7 Å². The summed E-state index contributed by atoms with van der Waals surface area (Å²) in [5, 5.41) is 33.4. The smallest absolute Gasteiger partial charge is 0.191 e. The fourth-order valence-corrected chi connectivity index (χ4v) is 4.65. The molecule has 0 bridgehead atoms. The van der Waals surface area contributed by atoms with Crippen LogP contribution in [0.4, 0.5) is 0 Å². The lowest BCUT2D eigenvalue weighted by molar-refractivity contribution is 0.174. The highest BCUT2D eigenvalue weighted by Crippen LogP contribution is 2.54. The molecule has 1 aromatic rings. The van der Waals surface area contributed by atoms with Crippen LogP contribution in [0.1, 0.15) is 25.3 Å². The van der Waals surface area contributed by atoms with Crippen molar-refractivity contribution in [3.63, 3.8) is 0 Å². The van der Waals surface area contributed by atoms with Crippen LogP contribution in [0.5, 0.6) is 0 Å². The number of fused-ring (bicyclic) bond motifs is 1. The molecule has 2 N–H and O–H groups in total. The summed E-state index contributed by atoms with van der Waals surface area (Å²) >= 11 is 1.54. The molecule has 126 valence electrons. The largest absolute Gasteiger partial charge is 0.399 e. The Hall–Kier alpha value is -2.59. The van der Waals surface area contributed by atoms with Gasteiger partial charge in [0.2, 0.25) is 0 Å². The molecular weight excluding hydrogens is 330 g/mol. The number of nitrogens with zero attached hydrogens (tertiary/aromatic N) is 4. The zero-order valence-electron chi connectivity index (χ0n) is 14.2. The van der Waals surface area contributed by atoms with Crippen molar-refractivity contribution < 1.29 is 0 Å². The summed E-state index contributed by atoms with van der Waals surface area (Å²) in [6.07, 6.45) is 2.04. The maximum atomic E-state index is 9.93. The van der Waals surface area contributed by atoms with Crippen molar-refractivity contribution in [2.75, 3.05) is 13.1 Å². The van der Waals surface area contributed by atoms with Gasteiger partial charge in [0.15, 0.2) is 5.41 Å². The molecule has 5 nitrogen and oxygen atoms in total. The average molecular weight is 349 g/mol. The van der Waals surface area contributed by atoms with E-state index in [1.54, 1.807) is 0 Å². The Kier molecular flexibility index (Phi) is 4.39. The Morgan fingerprint density at radius 2 is 2.04 bits per heavy atom. The van der Waals surface area contributed by atoms with Crippen molar-refractivity contribution in [2.45, 2.75) is 25.8 Å². The minimum atomic E-state index is -1.52. The molecule has 0 fully saturated rings. The zero-order valence-corrected chi connectivity index (χ0v) is 15.0. The van der Waals surface area contributed by atoms with Crippen LogP contribution in [0.3, 0.4) is 0 Å². The molecule has 0 amide bonds. The SMILES string of the molecule is CC(C)N1CC=C2C(C#N)=C(N)C(C#N)(C#N)[C@H](c3ccsc3)[C@@H]2C1. The molecule has 0 unspecified atom stereocenters. The molecule has 1 aliphatic carbocycles. The third-order valence-electron chi connectivity index (χ3n) is 5.33. The number of nitriles is 3. The van der Waals surface area contributed by atoms with E-state index < -0.39 is 5.41 Å². The minimum Gasteiger partial charge on any atom is -0.399 e. The predicted molar refractivity (Wildman–Crippen MR) is 95.8 cm³/mol. The molecule has 25 heavy (non-hydrogen) atoms. The monoisotopic (exact) mass is 349 g/mol. The van der Waals surface area contributed by atoms with Gasteiger partial charge in [0, 0.05) is 31.0 Å². The van der Waals surface area contributed by atoms with E-state index in [9.17, 15) is 15.8 Å². The standard InChI is InChI=1S/C19H19N5S/c1-12(2)24-5-3-14-15(7-20)18(23)19(10-21,11-22)17(16(14)8-24)13-4-6-25-9-13/h3-4,6,9,12,16-17H,5,8,23H2,1-2H3/t16-,17-/m1/s1. The molecule has 0 spiro atoms. The van der Waals surface area contributed by atoms with Gasteiger partial charge >= 0.3 is 0 Å². The van der Waals surface area contributed by atoms with Gasteiger partial charge in [-0.05, 0) is 41.8 Å². The Morgan fingerprint density at radius 3 is 2.56 bits per heavy atom. The van der Waals surface area contributed by atoms with Crippen LogP contribution >= 0.6 is 11.3 Å². The summed E-state index contributed by atoms with van der Waals surface area (Å²) in [4.78, 5) is 2.30. The van der Waals surface area contributed by atoms with E-state index in [-0.39, 0.29) is 17.5 Å². The van der Waals surface area contributed by atoms with Crippen molar-refractivity contribution in [2.24, 2.45) is 17.1 Å². The number of thiophene rings is 1. The molecule has 2 heterocycles. The molecular formula is C19H19N5S. The van der Waals surface area contributed by atoms with E-state index in [0.29, 0.717) is 18.2 Å². The molecule has 0 aromatic carbocycles. The lowest BCUT2D eigenvalue weighted by Gasteiger charge is -2.46. The van der Waals surface area contributed by atoms with Crippen LogP contribution in [-0.2, 0) is 0 Å². The lowest BCUT2D eigenvalue weighted by Crippen LogP contribution is -2.49. The molecule has 3 rings (SSSR count). The fourth-order valence-electron chi connectivity index (χ4n) is 3.95. The highest BCUT2D eigenvalue weighted by atomic mass is 32.1. The average Bonchev–Trinajstić information content (AvgIpc) is 3.14. The lowest BCUT2D eigenvalue weighted by atomic mass is 9.58. The van der Waals surface area contributed by atoms with Crippen molar-refractivity contribution in [1.29, 1.82) is 15.8 Å². The first-order valence-corrected chi connectivity index (χ1v) is 9.13. The van der Waals surface area contributed by atoms with E-state index >= 15 is 0 Å². The van der Waals surface area contributed by atoms with E-state index in [1.165, 1.54) is 11.3 Å². The normalized spacial score (nSPS) is 25.5. The van der Waals surface area contributed by atoms with Gasteiger partial charge in [0.05, 0.1) is 23.4 Å². The van der Waals surface area contributed by atoms with Gasteiger partial charge in [-0.15, -0.1) is 0 Å². The second-order valence-electron chi connectivity index (χ2n) is 6.78. The topological polar surface area (TPSA) is 101 Å². The molecule has 0 saturated carbocycles. The molecule has 0 saturated heterocycles. The predicted octanol–water partition coefficient (Wildman–Crippen LogP) is 2.88. The first-order chi connectivity index (χ1) is 12.0. The molecule has 0 radical (unpaired) electrons. The maximum Gasteiger partial charge on any atom is 0.191 e. The highest BCUT2D eigenvalue weighted by molar-refractivity contribution is 7.08. The van der Waals surface area contributed by atoms with E-state index in [4.69, 9.17) is 5.73 Å². The number of hydrogen-bond donors (Lipinski definition) is 1. The van der Waals surface area contributed by atoms with Crippen LogP contribution in [0.25, 0.3) is 0 Å². The first kappa shape index (κ1) is 17.2. The van der Waals surface area contributed by atoms with Crippen molar-refractivity contribution in [3.8, 4) is 18.2 Å². The number of nitrogens with two attached hydrogens (primary N) is 1. The summed E-state index contributed by atoms with van der Waals surface area (Å²) in [7, 11) is 0. The summed E-state index contributed by atoms with van der Waals surface area (Å²) in [5.74, 6) is -0.481. The van der Waals surface area contributed by atoms with Gasteiger partial charge in [-0.25, -0.2) is 0 Å². The minimum absolute atomic E-state index is 0.0942. The van der Waals surface area contributed by atoms with Crippen molar-refractivity contribution >= 4 is 11.3 Å². The number of rotatable bonds is 2. The quantitative estimate of drug-likeness (QED) is 0.884. The summed E-state index contributed by atoms with van der Waals surface area (Å²) < 4.78 is 0. The highest BCUT2D eigenvalue weighted by Gasteiger charge is 2.54. The van der Waals surface area contributed by atoms with Gasteiger partial charge in [-0.3, -0.25) is 4.90 Å². The van der Waals surface area contributed by atoms with Crippen molar-refractivity contribution in [1.82, 2.24) is 4.90 Å². The second kappa shape index (κ2) is 6.37. The van der Waals surface area contributed by atoms with E-state index in [1.807, 2.05) is 22.9 Å². The summed E-state index contributed by atoms with van der Waals surface area (Å²) in [6, 6.07) is 8.77. The van der Waals surface area contributed by atoms with Crippen LogP contribution in [0, 0.1) is 45.3 Å². The molecule has 2 aliphatic rings. The van der Waals surface area contributed by atoms with Gasteiger partial charge < -0.3 is 5.73 Å². The Labute approximate surface area is 151 Å². The van der Waals surface area contributed by atoms with Gasteiger partial charge in [-0.2, -0.15) is 27.1 Å². The molecule has 1 aliphatic heterocycles. The molecule has 1 aromatic heterocycles. The Morgan fingerprint density at radius 1 is 1.32 bits per heavy atom. The first-order valence-electron chi connectivity index (χ1n) is 8.19. The third-order valence-corrected chi connectivity index (χ3v) is 6.03. The molecule has 6 heteroatoms. The Bertz CT molecular complexity index is 843. The van der Waals surface area contributed by atoms with Crippen LogP contribution in [-0.4, -0.2) is 24.0 Å². The van der Waals surface area contributed by atoms with Crippen LogP contribution in [0.15, 0.2) is 39.7 Å². The maximum absolute atomic E-state index is 9.93. The van der Waals surface area contributed by atoms with Gasteiger partial charge in [0.1, 0.15) is 6.07 Å². The number of hydrogen-bond acceptors (Lipinski definition) is 6. The Balaban J connectivity index is 2.28. The van der Waals surface area contributed by atoms with E-state index in [2.05, 4.69) is 37.0 Å². The summed E-state index contributed by atoms with van der Waals surface area (Å²) in [6.45, 7) is 5.69. The van der Waals surface area contributed by atoms with Gasteiger partial charge in [0.25, 0.3) is 0 Å². The van der Waals surface area contributed by atoms with Crippen LogP contribution in [0.2, 0.25) is 0 Å².